The van der Waals surface area contributed by atoms with Crippen LogP contribution in [0.1, 0.15) is 90.7 Å². The Labute approximate surface area is 198 Å². The number of aliphatic hydroxyl groups is 2. The van der Waals surface area contributed by atoms with Crippen LogP contribution in [0.4, 0.5) is 0 Å². The van der Waals surface area contributed by atoms with Crippen molar-refractivity contribution in [3.63, 3.8) is 0 Å². The lowest BCUT2D eigenvalue weighted by Crippen LogP contribution is -2.60. The average molecular weight is 441 g/mol. The third kappa shape index (κ3) is 5.46. The van der Waals surface area contributed by atoms with Gasteiger partial charge in [-0.15, -0.1) is 0 Å². The summed E-state index contributed by atoms with van der Waals surface area (Å²) < 4.78 is 0. The summed E-state index contributed by atoms with van der Waals surface area (Å²) >= 11 is 0. The van der Waals surface area contributed by atoms with Crippen molar-refractivity contribution in [2.45, 2.75) is 90.4 Å². The summed E-state index contributed by atoms with van der Waals surface area (Å²) in [4.78, 5) is 0. The van der Waals surface area contributed by atoms with Crippen LogP contribution in [0, 0.1) is 11.3 Å². The van der Waals surface area contributed by atoms with Crippen LogP contribution >= 0.6 is 0 Å². The normalized spacial score (nSPS) is 30.7. The largest absolute Gasteiger partial charge is 0.400 e. The molecular formula is C30H48O2. The van der Waals surface area contributed by atoms with Crippen LogP contribution in [0.25, 0.3) is 0 Å². The monoisotopic (exact) mass is 440 g/mol. The highest BCUT2D eigenvalue weighted by Crippen LogP contribution is 2.71. The van der Waals surface area contributed by atoms with E-state index in [1.54, 1.807) is 11.1 Å². The fourth-order valence-corrected chi connectivity index (χ4v) is 7.26. The molecule has 2 aromatic rings. The van der Waals surface area contributed by atoms with E-state index >= 15 is 0 Å². The Bertz CT molecular complexity index is 684. The van der Waals surface area contributed by atoms with Gasteiger partial charge in [-0.1, -0.05) is 102 Å². The number of benzene rings is 2. The molecule has 32 heavy (non-hydrogen) atoms. The van der Waals surface area contributed by atoms with Gasteiger partial charge in [-0.05, 0) is 71.8 Å². The SMILES string of the molecule is CC.CC.CCC12CC3CC(c4ccccc4)(C1)CC(c1ccccc1)(C3)C2.CO.CO. The second-order valence-electron chi connectivity index (χ2n) is 9.15. The molecule has 0 saturated heterocycles. The van der Waals surface area contributed by atoms with Crippen molar-refractivity contribution in [1.82, 2.24) is 0 Å². The Kier molecular flexibility index (Phi) is 11.7. The fourth-order valence-electron chi connectivity index (χ4n) is 7.26. The van der Waals surface area contributed by atoms with Crippen LogP contribution in [0.3, 0.4) is 0 Å². The molecule has 4 bridgehead atoms. The van der Waals surface area contributed by atoms with Crippen molar-refractivity contribution in [3.8, 4) is 0 Å². The first-order chi connectivity index (χ1) is 15.7. The zero-order valence-electron chi connectivity index (χ0n) is 21.7. The maximum absolute atomic E-state index is 7.00. The summed E-state index contributed by atoms with van der Waals surface area (Å²) in [5.74, 6) is 0.918. The number of aliphatic hydroxyl groups excluding tert-OH is 2. The van der Waals surface area contributed by atoms with Crippen molar-refractivity contribution >= 4 is 0 Å². The Morgan fingerprint density at radius 3 is 1.34 bits per heavy atom. The van der Waals surface area contributed by atoms with Crippen molar-refractivity contribution in [1.29, 1.82) is 0 Å². The summed E-state index contributed by atoms with van der Waals surface area (Å²) in [7, 11) is 2.00. The van der Waals surface area contributed by atoms with Gasteiger partial charge in [-0.3, -0.25) is 0 Å². The molecule has 6 rings (SSSR count). The van der Waals surface area contributed by atoms with Crippen LogP contribution < -0.4 is 0 Å². The first kappa shape index (κ1) is 28.4. The number of hydrogen-bond acceptors (Lipinski definition) is 2. The highest BCUT2D eigenvalue weighted by atomic mass is 16.2. The molecule has 4 fully saturated rings. The smallest absolute Gasteiger partial charge is 0.0319 e. The summed E-state index contributed by atoms with van der Waals surface area (Å²) in [5.41, 5.74) is 4.66. The topological polar surface area (TPSA) is 40.5 Å². The molecule has 2 N–H and O–H groups in total. The molecule has 180 valence electrons. The quantitative estimate of drug-likeness (QED) is 0.518. The predicted molar refractivity (Wildman–Crippen MR) is 139 cm³/mol. The Morgan fingerprint density at radius 2 is 1.00 bits per heavy atom. The van der Waals surface area contributed by atoms with Crippen LogP contribution in [-0.2, 0) is 10.8 Å². The van der Waals surface area contributed by atoms with Crippen LogP contribution in [0.5, 0.6) is 0 Å². The van der Waals surface area contributed by atoms with Crippen molar-refractivity contribution in [3.05, 3.63) is 71.8 Å². The van der Waals surface area contributed by atoms with E-state index in [1.165, 1.54) is 44.9 Å². The van der Waals surface area contributed by atoms with E-state index in [2.05, 4.69) is 67.6 Å². The second kappa shape index (κ2) is 13.2. The third-order valence-electron chi connectivity index (χ3n) is 7.71. The molecular weight excluding hydrogens is 392 g/mol. The van der Waals surface area contributed by atoms with E-state index in [9.17, 15) is 0 Å². The van der Waals surface area contributed by atoms with E-state index < -0.39 is 0 Å². The molecule has 2 aromatic carbocycles. The lowest BCUT2D eigenvalue weighted by Gasteiger charge is -2.67. The molecule has 4 aliphatic rings. The molecule has 0 spiro atoms. The second-order valence-corrected chi connectivity index (χ2v) is 9.15. The average Bonchev–Trinajstić information content (AvgIpc) is 2.89. The highest BCUT2D eigenvalue weighted by molar-refractivity contribution is 5.38. The zero-order valence-corrected chi connectivity index (χ0v) is 21.7. The van der Waals surface area contributed by atoms with E-state index in [0.717, 1.165) is 20.1 Å². The Balaban J connectivity index is 0.000000581. The summed E-state index contributed by atoms with van der Waals surface area (Å²) in [5, 5.41) is 14.0. The van der Waals surface area contributed by atoms with E-state index in [4.69, 9.17) is 10.2 Å². The van der Waals surface area contributed by atoms with Gasteiger partial charge in [0.2, 0.25) is 0 Å². The lowest BCUT2D eigenvalue weighted by atomic mass is 9.37. The van der Waals surface area contributed by atoms with E-state index in [-0.39, 0.29) is 0 Å². The molecule has 4 saturated carbocycles. The first-order valence-corrected chi connectivity index (χ1v) is 12.7. The maximum atomic E-state index is 7.00. The lowest BCUT2D eigenvalue weighted by molar-refractivity contribution is -0.0920. The summed E-state index contributed by atoms with van der Waals surface area (Å²) in [6.07, 6.45) is 9.89. The van der Waals surface area contributed by atoms with E-state index in [1.807, 2.05) is 27.7 Å². The predicted octanol–water partition coefficient (Wildman–Crippen LogP) is 7.53. The minimum absolute atomic E-state index is 0.423. The van der Waals surface area contributed by atoms with Crippen LogP contribution in [0.2, 0.25) is 0 Å². The third-order valence-corrected chi connectivity index (χ3v) is 7.71. The molecule has 0 aromatic heterocycles. The summed E-state index contributed by atoms with van der Waals surface area (Å²) in [6, 6.07) is 23.0. The van der Waals surface area contributed by atoms with Gasteiger partial charge < -0.3 is 10.2 Å². The molecule has 2 unspecified atom stereocenters. The zero-order chi connectivity index (χ0) is 24.3. The first-order valence-electron chi connectivity index (χ1n) is 12.7. The van der Waals surface area contributed by atoms with Crippen LogP contribution in [0.15, 0.2) is 60.7 Å². The maximum Gasteiger partial charge on any atom is 0.0319 e. The van der Waals surface area contributed by atoms with Crippen molar-refractivity contribution in [2.75, 3.05) is 14.2 Å². The molecule has 0 aliphatic heterocycles. The van der Waals surface area contributed by atoms with Gasteiger partial charge in [0.1, 0.15) is 0 Å². The van der Waals surface area contributed by atoms with Crippen LogP contribution in [-0.4, -0.2) is 24.4 Å². The molecule has 0 radical (unpaired) electrons. The molecule has 2 nitrogen and oxygen atoms in total. The van der Waals surface area contributed by atoms with Gasteiger partial charge in [0.25, 0.3) is 0 Å². The number of rotatable bonds is 3. The van der Waals surface area contributed by atoms with E-state index in [0.29, 0.717) is 16.2 Å². The van der Waals surface area contributed by atoms with Crippen molar-refractivity contribution in [2.24, 2.45) is 11.3 Å². The molecule has 2 heteroatoms. The van der Waals surface area contributed by atoms with Gasteiger partial charge in [0.15, 0.2) is 0 Å². The highest BCUT2D eigenvalue weighted by Gasteiger charge is 2.63. The van der Waals surface area contributed by atoms with Gasteiger partial charge in [-0.2, -0.15) is 0 Å². The minimum atomic E-state index is 0.423. The number of hydrogen-bond donors (Lipinski definition) is 2. The Hall–Kier alpha value is -1.64. The van der Waals surface area contributed by atoms with Gasteiger partial charge in [0, 0.05) is 14.2 Å². The minimum Gasteiger partial charge on any atom is -0.400 e. The molecule has 0 amide bonds. The van der Waals surface area contributed by atoms with Crippen molar-refractivity contribution < 1.29 is 10.2 Å². The summed E-state index contributed by atoms with van der Waals surface area (Å²) in [6.45, 7) is 10.4. The molecule has 2 atom stereocenters. The van der Waals surface area contributed by atoms with Gasteiger partial charge in [-0.25, -0.2) is 0 Å². The van der Waals surface area contributed by atoms with Gasteiger partial charge >= 0.3 is 0 Å². The standard InChI is InChI=1S/C24H28.2C2H6.2CH4O/c1-2-22-13-19-14-23(16-22,20-9-5-3-6-10-20)18-24(15-19,17-22)21-11-7-4-8-12-21;4*1-2/h3-12,19H,2,13-18H2,1H3;2*1-2H3;2*2H,1H3. The molecule has 4 aliphatic carbocycles. The fraction of sp³-hybridized carbons (Fsp3) is 0.600. The van der Waals surface area contributed by atoms with Gasteiger partial charge in [0.05, 0.1) is 0 Å². The molecule has 0 heterocycles. The Morgan fingerprint density at radius 1 is 0.625 bits per heavy atom.